The van der Waals surface area contributed by atoms with Crippen molar-refractivity contribution in [2.75, 3.05) is 4.90 Å². The molecule has 2 heterocycles. The zero-order valence-corrected chi connectivity index (χ0v) is 19.0. The Labute approximate surface area is 194 Å². The number of primary sulfonamides is 1. The van der Waals surface area contributed by atoms with Gasteiger partial charge in [0.2, 0.25) is 26.0 Å². The first kappa shape index (κ1) is 23.8. The van der Waals surface area contributed by atoms with Crippen molar-refractivity contribution < 1.29 is 35.2 Å². The van der Waals surface area contributed by atoms with Crippen LogP contribution in [0.4, 0.5) is 10.1 Å². The molecule has 0 saturated carbocycles. The van der Waals surface area contributed by atoms with Crippen molar-refractivity contribution in [1.82, 2.24) is 4.31 Å². The molecule has 2 aromatic carbocycles. The van der Waals surface area contributed by atoms with Crippen LogP contribution in [-0.2, 0) is 36.2 Å². The topological polar surface area (TPSA) is 148 Å². The summed E-state index contributed by atoms with van der Waals surface area (Å²) < 4.78 is 69.2. The van der Waals surface area contributed by atoms with E-state index in [2.05, 4.69) is 0 Å². The monoisotopic (exact) mass is 507 g/mol. The molecule has 1 aliphatic heterocycles. The molecule has 1 atom stereocenters. The van der Waals surface area contributed by atoms with Gasteiger partial charge in [-0.2, -0.15) is 4.31 Å². The van der Waals surface area contributed by atoms with Crippen molar-refractivity contribution in [3.05, 3.63) is 78.5 Å². The van der Waals surface area contributed by atoms with Crippen LogP contribution in [0.25, 0.3) is 0 Å². The number of nitrogens with two attached hydrogens (primary N) is 1. The van der Waals surface area contributed by atoms with Crippen molar-refractivity contribution in [3.8, 4) is 0 Å². The van der Waals surface area contributed by atoms with Gasteiger partial charge in [0.05, 0.1) is 34.7 Å². The van der Waals surface area contributed by atoms with Crippen molar-refractivity contribution in [1.29, 1.82) is 0 Å². The molecule has 1 aromatic heterocycles. The summed E-state index contributed by atoms with van der Waals surface area (Å²) in [5, 5.41) is 5.07. The molecule has 2 N–H and O–H groups in total. The van der Waals surface area contributed by atoms with Crippen LogP contribution in [-0.4, -0.2) is 39.0 Å². The number of carbonyl (C=O) groups excluding carboxylic acids is 2. The molecule has 13 heteroatoms. The number of hydrogen-bond donors (Lipinski definition) is 1. The number of halogens is 1. The Balaban J connectivity index is 1.71. The zero-order chi connectivity index (χ0) is 24.7. The first-order valence-corrected chi connectivity index (χ1v) is 12.8. The van der Waals surface area contributed by atoms with Crippen LogP contribution < -0.4 is 10.0 Å². The van der Waals surface area contributed by atoms with E-state index in [4.69, 9.17) is 9.56 Å². The van der Waals surface area contributed by atoms with Gasteiger partial charge in [0.15, 0.2) is 0 Å². The molecule has 10 nitrogen and oxygen atoms in total. The predicted octanol–water partition coefficient (Wildman–Crippen LogP) is 1.59. The number of nitrogens with zero attached hydrogens (tertiary/aromatic N) is 2. The van der Waals surface area contributed by atoms with Gasteiger partial charge in [-0.3, -0.25) is 9.59 Å². The highest BCUT2D eigenvalue weighted by Gasteiger charge is 2.47. The molecule has 4 rings (SSSR count). The lowest BCUT2D eigenvalue weighted by Gasteiger charge is -2.26. The predicted molar refractivity (Wildman–Crippen MR) is 117 cm³/mol. The van der Waals surface area contributed by atoms with E-state index in [-0.39, 0.29) is 27.8 Å². The van der Waals surface area contributed by atoms with Crippen LogP contribution in [0.5, 0.6) is 0 Å². The van der Waals surface area contributed by atoms with Gasteiger partial charge >= 0.3 is 0 Å². The summed E-state index contributed by atoms with van der Waals surface area (Å²) in [6.07, 6.45) is 0.871. The van der Waals surface area contributed by atoms with E-state index in [1.54, 1.807) is 6.07 Å². The Morgan fingerprint density at radius 3 is 2.15 bits per heavy atom. The summed E-state index contributed by atoms with van der Waals surface area (Å²) in [5.41, 5.74) is 0.0574. The minimum absolute atomic E-state index is 0.0574. The Bertz CT molecular complexity index is 1440. The van der Waals surface area contributed by atoms with Gasteiger partial charge in [-0.25, -0.2) is 31.3 Å². The second-order valence-corrected chi connectivity index (χ2v) is 10.9. The van der Waals surface area contributed by atoms with Gasteiger partial charge in [0.1, 0.15) is 17.6 Å². The lowest BCUT2D eigenvalue weighted by molar-refractivity contribution is -0.122. The van der Waals surface area contributed by atoms with Crippen LogP contribution >= 0.6 is 0 Å². The van der Waals surface area contributed by atoms with E-state index in [1.165, 1.54) is 24.5 Å². The molecule has 178 valence electrons. The first-order chi connectivity index (χ1) is 16.0. The highest BCUT2D eigenvalue weighted by molar-refractivity contribution is 7.89. The second-order valence-electron chi connectivity index (χ2n) is 7.41. The Hall–Kier alpha value is -3.39. The van der Waals surface area contributed by atoms with Crippen LogP contribution in [0.1, 0.15) is 12.2 Å². The number of sulfonamides is 2. The summed E-state index contributed by atoms with van der Waals surface area (Å²) in [6, 6.07) is 10.4. The molecular formula is C21H18FN3O7S2. The minimum atomic E-state index is -4.35. The quantitative estimate of drug-likeness (QED) is 0.478. The van der Waals surface area contributed by atoms with Gasteiger partial charge in [0, 0.05) is 0 Å². The molecular weight excluding hydrogens is 489 g/mol. The van der Waals surface area contributed by atoms with Crippen molar-refractivity contribution in [3.63, 3.8) is 0 Å². The number of imide groups is 1. The van der Waals surface area contributed by atoms with Crippen molar-refractivity contribution in [2.24, 2.45) is 5.14 Å². The third-order valence-corrected chi connectivity index (χ3v) is 8.00. The zero-order valence-electron chi connectivity index (χ0n) is 17.4. The minimum Gasteiger partial charge on any atom is -0.468 e. The lowest BCUT2D eigenvalue weighted by atomic mass is 10.2. The largest absolute Gasteiger partial charge is 0.468 e. The summed E-state index contributed by atoms with van der Waals surface area (Å²) in [5.74, 6) is -1.93. The number of carbonyl (C=O) groups is 2. The van der Waals surface area contributed by atoms with Crippen LogP contribution in [0.3, 0.4) is 0 Å². The molecule has 34 heavy (non-hydrogen) atoms. The van der Waals surface area contributed by atoms with E-state index in [0.29, 0.717) is 0 Å². The molecule has 0 bridgehead atoms. The number of hydrogen-bond acceptors (Lipinski definition) is 7. The van der Waals surface area contributed by atoms with Crippen molar-refractivity contribution >= 4 is 37.5 Å². The molecule has 3 aromatic rings. The molecule has 1 saturated heterocycles. The second kappa shape index (κ2) is 8.76. The van der Waals surface area contributed by atoms with Gasteiger partial charge in [-0.1, -0.05) is 0 Å². The summed E-state index contributed by atoms with van der Waals surface area (Å²) in [7, 11) is -8.34. The van der Waals surface area contributed by atoms with Crippen molar-refractivity contribution in [2.45, 2.75) is 28.8 Å². The van der Waals surface area contributed by atoms with Crippen LogP contribution in [0.2, 0.25) is 0 Å². The van der Waals surface area contributed by atoms with Crippen LogP contribution in [0, 0.1) is 5.82 Å². The standard InChI is InChI=1S/C21H18FN3O7S2/c22-14-3-7-18(8-4-14)34(30,31)24(13-16-2-1-11-32-16)19-12-20(26)25(21(19)27)15-5-9-17(10-6-15)33(23,28)29/h1-11,19H,12-13H2,(H2,23,28,29). The molecule has 1 fully saturated rings. The fourth-order valence-electron chi connectivity index (χ4n) is 3.56. The summed E-state index contributed by atoms with van der Waals surface area (Å²) in [4.78, 5) is 26.3. The molecule has 1 aliphatic rings. The highest BCUT2D eigenvalue weighted by Crippen LogP contribution is 2.31. The third-order valence-electron chi connectivity index (χ3n) is 5.21. The van der Waals surface area contributed by atoms with E-state index in [9.17, 15) is 30.8 Å². The normalized spacial score (nSPS) is 17.0. The molecule has 1 unspecified atom stereocenters. The SMILES string of the molecule is NS(=O)(=O)c1ccc(N2C(=O)CC(N(Cc3ccco3)S(=O)(=O)c3ccc(F)cc3)C2=O)cc1. The molecule has 0 radical (unpaired) electrons. The highest BCUT2D eigenvalue weighted by atomic mass is 32.2. The smallest absolute Gasteiger partial charge is 0.252 e. The summed E-state index contributed by atoms with van der Waals surface area (Å²) >= 11 is 0. The Kier molecular flexibility index (Phi) is 6.12. The van der Waals surface area contributed by atoms with Crippen LogP contribution in [0.15, 0.2) is 81.1 Å². The molecule has 2 amide bonds. The van der Waals surface area contributed by atoms with E-state index < -0.39 is 50.1 Å². The number of anilines is 1. The van der Waals surface area contributed by atoms with Gasteiger partial charge in [-0.05, 0) is 60.7 Å². The number of rotatable bonds is 7. The maximum absolute atomic E-state index is 13.4. The molecule has 0 spiro atoms. The maximum Gasteiger partial charge on any atom is 0.252 e. The van der Waals surface area contributed by atoms with Gasteiger partial charge in [-0.15, -0.1) is 0 Å². The third kappa shape index (κ3) is 4.50. The van der Waals surface area contributed by atoms with E-state index in [0.717, 1.165) is 45.6 Å². The van der Waals surface area contributed by atoms with Gasteiger partial charge in [0.25, 0.3) is 5.91 Å². The Morgan fingerprint density at radius 1 is 0.971 bits per heavy atom. The average molecular weight is 508 g/mol. The molecule has 0 aliphatic carbocycles. The summed E-state index contributed by atoms with van der Waals surface area (Å²) in [6.45, 7) is -0.353. The lowest BCUT2D eigenvalue weighted by Crippen LogP contribution is -2.45. The van der Waals surface area contributed by atoms with E-state index >= 15 is 0 Å². The fraction of sp³-hybridized carbons (Fsp3) is 0.143. The van der Waals surface area contributed by atoms with E-state index in [1.807, 2.05) is 0 Å². The fourth-order valence-corrected chi connectivity index (χ4v) is 5.62. The number of furan rings is 1. The maximum atomic E-state index is 13.4. The Morgan fingerprint density at radius 2 is 1.59 bits per heavy atom. The first-order valence-electron chi connectivity index (χ1n) is 9.78. The average Bonchev–Trinajstić information content (AvgIpc) is 3.39. The number of benzene rings is 2. The number of amides is 2. The van der Waals surface area contributed by atoms with Gasteiger partial charge < -0.3 is 4.42 Å².